The lowest BCUT2D eigenvalue weighted by Gasteiger charge is -2.07. The molecule has 3 aromatic rings. The molecule has 1 aromatic carbocycles. The summed E-state index contributed by atoms with van der Waals surface area (Å²) in [5.74, 6) is -0.510. The van der Waals surface area contributed by atoms with Crippen LogP contribution in [0, 0.1) is 5.82 Å². The van der Waals surface area contributed by atoms with Crippen molar-refractivity contribution < 1.29 is 13.9 Å². The fraction of sp³-hybridized carbons (Fsp3) is 0. The third-order valence-corrected chi connectivity index (χ3v) is 4.41. The molecule has 0 saturated heterocycles. The van der Waals surface area contributed by atoms with Gasteiger partial charge in [-0.1, -0.05) is 6.07 Å². The lowest BCUT2D eigenvalue weighted by Crippen LogP contribution is -2.10. The smallest absolute Gasteiger partial charge is 0.344 e. The van der Waals surface area contributed by atoms with E-state index in [0.29, 0.717) is 11.3 Å². The molecule has 0 aliphatic carbocycles. The Morgan fingerprint density at radius 2 is 1.91 bits per heavy atom. The second-order valence-corrected chi connectivity index (χ2v) is 6.19. The first-order valence-electron chi connectivity index (χ1n) is 6.48. The van der Waals surface area contributed by atoms with E-state index in [1.54, 1.807) is 17.4 Å². The third-order valence-electron chi connectivity index (χ3n) is 2.91. The zero-order valence-corrected chi connectivity index (χ0v) is 13.0. The van der Waals surface area contributed by atoms with Crippen molar-refractivity contribution >= 4 is 40.3 Å². The summed E-state index contributed by atoms with van der Waals surface area (Å²) in [6.07, 6.45) is 1.80. The van der Waals surface area contributed by atoms with Gasteiger partial charge in [-0.3, -0.25) is 0 Å². The van der Waals surface area contributed by atoms with Crippen molar-refractivity contribution in [3.63, 3.8) is 0 Å². The van der Waals surface area contributed by atoms with Gasteiger partial charge in [0.25, 0.3) is 0 Å². The van der Waals surface area contributed by atoms with E-state index < -0.39 is 5.97 Å². The Balaban J connectivity index is 1.89. The number of hydrogen-bond acceptors (Lipinski definition) is 4. The van der Waals surface area contributed by atoms with E-state index in [2.05, 4.69) is 0 Å². The van der Waals surface area contributed by atoms with Crippen molar-refractivity contribution in [3.05, 3.63) is 74.9 Å². The zero-order valence-electron chi connectivity index (χ0n) is 11.4. The van der Waals surface area contributed by atoms with Gasteiger partial charge in [-0.15, -0.1) is 11.3 Å². The molecular formula is C17H11FO2S2. The van der Waals surface area contributed by atoms with Crippen LogP contribution in [0.2, 0.25) is 0 Å². The van der Waals surface area contributed by atoms with E-state index in [1.165, 1.54) is 35.6 Å². The Hall–Kier alpha value is -2.24. The van der Waals surface area contributed by atoms with E-state index in [1.807, 2.05) is 34.3 Å². The Bertz CT molecular complexity index is 773. The first-order valence-corrected chi connectivity index (χ1v) is 8.30. The van der Waals surface area contributed by atoms with Crippen LogP contribution in [0.3, 0.4) is 0 Å². The summed E-state index contributed by atoms with van der Waals surface area (Å²) in [7, 11) is 0. The number of rotatable bonds is 4. The van der Waals surface area contributed by atoms with E-state index in [-0.39, 0.29) is 5.82 Å². The summed E-state index contributed by atoms with van der Waals surface area (Å²) in [6.45, 7) is 0. The molecule has 2 aromatic heterocycles. The lowest BCUT2D eigenvalue weighted by molar-refractivity contribution is -0.127. The van der Waals surface area contributed by atoms with Gasteiger partial charge < -0.3 is 4.74 Å². The highest BCUT2D eigenvalue weighted by atomic mass is 32.1. The number of carbonyl (C=O) groups excluding carboxylic acids is 1. The van der Waals surface area contributed by atoms with Crippen molar-refractivity contribution in [2.45, 2.75) is 0 Å². The van der Waals surface area contributed by atoms with Crippen LogP contribution in [0.1, 0.15) is 10.4 Å². The minimum Gasteiger partial charge on any atom is -0.423 e. The molecule has 0 spiro atoms. The molecular weight excluding hydrogens is 319 g/mol. The molecule has 0 amide bonds. The average Bonchev–Trinajstić information content (AvgIpc) is 3.20. The maximum absolute atomic E-state index is 12.9. The fourth-order valence-electron chi connectivity index (χ4n) is 1.86. The Labute approximate surface area is 135 Å². The van der Waals surface area contributed by atoms with Crippen molar-refractivity contribution in [1.29, 1.82) is 0 Å². The van der Waals surface area contributed by atoms with Gasteiger partial charge >= 0.3 is 5.97 Å². The van der Waals surface area contributed by atoms with Crippen LogP contribution in [0.25, 0.3) is 11.6 Å². The second-order valence-electron chi connectivity index (χ2n) is 4.43. The number of carbonyl (C=O) groups is 1. The van der Waals surface area contributed by atoms with Crippen LogP contribution < -0.4 is 4.74 Å². The van der Waals surface area contributed by atoms with Crippen LogP contribution in [0.5, 0.6) is 5.75 Å². The molecule has 0 fully saturated rings. The van der Waals surface area contributed by atoms with Crippen LogP contribution in [0.15, 0.2) is 58.6 Å². The molecule has 2 heterocycles. The summed E-state index contributed by atoms with van der Waals surface area (Å²) in [5, 5.41) is 5.75. The maximum Gasteiger partial charge on any atom is 0.344 e. The predicted octanol–water partition coefficient (Wildman–Crippen LogP) is 5.09. The SMILES string of the molecule is O=C(Oc1ccc(F)cc1)C(=Cc1cccs1)c1ccsc1. The maximum atomic E-state index is 12.9. The quantitative estimate of drug-likeness (QED) is 0.378. The van der Waals surface area contributed by atoms with Crippen molar-refractivity contribution in [1.82, 2.24) is 0 Å². The van der Waals surface area contributed by atoms with Crippen molar-refractivity contribution in [2.24, 2.45) is 0 Å². The van der Waals surface area contributed by atoms with Crippen LogP contribution >= 0.6 is 22.7 Å². The zero-order chi connectivity index (χ0) is 15.4. The number of halogens is 1. The third kappa shape index (κ3) is 3.50. The minimum absolute atomic E-state index is 0.318. The topological polar surface area (TPSA) is 26.3 Å². The van der Waals surface area contributed by atoms with Crippen molar-refractivity contribution in [2.75, 3.05) is 0 Å². The van der Waals surface area contributed by atoms with Crippen LogP contribution in [-0.2, 0) is 4.79 Å². The highest BCUT2D eigenvalue weighted by Gasteiger charge is 2.15. The molecule has 3 rings (SSSR count). The average molecular weight is 330 g/mol. The second kappa shape index (κ2) is 6.68. The summed E-state index contributed by atoms with van der Waals surface area (Å²) >= 11 is 3.06. The molecule has 0 bridgehead atoms. The molecule has 0 aliphatic rings. The molecule has 22 heavy (non-hydrogen) atoms. The predicted molar refractivity (Wildman–Crippen MR) is 88.5 cm³/mol. The molecule has 0 atom stereocenters. The number of benzene rings is 1. The molecule has 5 heteroatoms. The highest BCUT2D eigenvalue weighted by Crippen LogP contribution is 2.25. The largest absolute Gasteiger partial charge is 0.423 e. The van der Waals surface area contributed by atoms with Gasteiger partial charge in [-0.2, -0.15) is 11.3 Å². The van der Waals surface area contributed by atoms with E-state index >= 15 is 0 Å². The molecule has 0 aliphatic heterocycles. The van der Waals surface area contributed by atoms with E-state index in [0.717, 1.165) is 10.4 Å². The van der Waals surface area contributed by atoms with Crippen molar-refractivity contribution in [3.8, 4) is 5.75 Å². The number of esters is 1. The Morgan fingerprint density at radius 3 is 2.55 bits per heavy atom. The lowest BCUT2D eigenvalue weighted by atomic mass is 10.1. The molecule has 0 radical (unpaired) electrons. The van der Waals surface area contributed by atoms with Crippen LogP contribution in [-0.4, -0.2) is 5.97 Å². The Kier molecular flexibility index (Phi) is 4.46. The van der Waals surface area contributed by atoms with E-state index in [4.69, 9.17) is 4.74 Å². The first-order chi connectivity index (χ1) is 10.7. The van der Waals surface area contributed by atoms with Gasteiger partial charge in [-0.05, 0) is 64.2 Å². The monoisotopic (exact) mass is 330 g/mol. The molecule has 110 valence electrons. The summed E-state index contributed by atoms with van der Waals surface area (Å²) < 4.78 is 18.2. The van der Waals surface area contributed by atoms with Gasteiger partial charge in [0.15, 0.2) is 0 Å². The van der Waals surface area contributed by atoms with Gasteiger partial charge in [0, 0.05) is 4.88 Å². The minimum atomic E-state index is -0.460. The Morgan fingerprint density at radius 1 is 1.09 bits per heavy atom. The van der Waals surface area contributed by atoms with Gasteiger partial charge in [0.05, 0.1) is 5.57 Å². The van der Waals surface area contributed by atoms with Gasteiger partial charge in [0.2, 0.25) is 0 Å². The number of hydrogen-bond donors (Lipinski definition) is 0. The molecule has 0 unspecified atom stereocenters. The fourth-order valence-corrected chi connectivity index (χ4v) is 3.17. The van der Waals surface area contributed by atoms with Crippen LogP contribution in [0.4, 0.5) is 4.39 Å². The molecule has 2 nitrogen and oxygen atoms in total. The highest BCUT2D eigenvalue weighted by molar-refractivity contribution is 7.11. The summed E-state index contributed by atoms with van der Waals surface area (Å²) in [6, 6.07) is 11.1. The molecule has 0 N–H and O–H groups in total. The van der Waals surface area contributed by atoms with E-state index in [9.17, 15) is 9.18 Å². The summed E-state index contributed by atoms with van der Waals surface area (Å²) in [5.41, 5.74) is 1.29. The number of ether oxygens (including phenoxy) is 1. The number of thiophene rings is 2. The summed E-state index contributed by atoms with van der Waals surface area (Å²) in [4.78, 5) is 13.4. The normalized spacial score (nSPS) is 11.4. The first kappa shape index (κ1) is 14.7. The standard InChI is InChI=1S/C17H11FO2S2/c18-13-3-5-14(6-4-13)20-17(19)16(12-7-9-21-11-12)10-15-2-1-8-22-15/h1-11H. The molecule has 0 saturated carbocycles. The van der Waals surface area contributed by atoms with Gasteiger partial charge in [-0.25, -0.2) is 9.18 Å². The van der Waals surface area contributed by atoms with Gasteiger partial charge in [0.1, 0.15) is 11.6 Å².